The number of ketones is 1. The lowest BCUT2D eigenvalue weighted by molar-refractivity contribution is -0.183. The Morgan fingerprint density at radius 2 is 2.12 bits per heavy atom. The molecule has 4 nitrogen and oxygen atoms in total. The van der Waals surface area contributed by atoms with Crippen molar-refractivity contribution in [2.75, 3.05) is 13.2 Å². The fourth-order valence-corrected chi connectivity index (χ4v) is 1.18. The van der Waals surface area contributed by atoms with Crippen molar-refractivity contribution < 1.29 is 32.2 Å². The Kier molecular flexibility index (Phi) is 3.56. The Hall–Kier alpha value is -1.53. The normalized spacial score (nSPS) is 16.4. The van der Waals surface area contributed by atoms with Gasteiger partial charge in [0.2, 0.25) is 5.78 Å². The minimum absolute atomic E-state index is 0.0807. The van der Waals surface area contributed by atoms with Crippen LogP contribution in [0.2, 0.25) is 0 Å². The van der Waals surface area contributed by atoms with Gasteiger partial charge in [-0.05, 0) is 0 Å². The molecule has 0 aliphatic carbocycles. The fraction of sp³-hybridized carbons (Fsp3) is 0.556. The second-order valence-corrected chi connectivity index (χ2v) is 3.05. The summed E-state index contributed by atoms with van der Waals surface area (Å²) < 4.78 is 44.1. The highest BCUT2D eigenvalue weighted by Crippen LogP contribution is 2.22. The number of carbonyl (C=O) groups is 2. The van der Waals surface area contributed by atoms with Gasteiger partial charge in [-0.1, -0.05) is 6.92 Å². The predicted molar refractivity (Wildman–Crippen MR) is 45.3 cm³/mol. The molecule has 0 atom stereocenters. The molecule has 0 unspecified atom stereocenters. The van der Waals surface area contributed by atoms with E-state index >= 15 is 0 Å². The van der Waals surface area contributed by atoms with Crippen molar-refractivity contribution in [3.8, 4) is 0 Å². The van der Waals surface area contributed by atoms with E-state index in [1.165, 1.54) is 0 Å². The van der Waals surface area contributed by atoms with Crippen LogP contribution in [-0.4, -0.2) is 31.1 Å². The zero-order valence-corrected chi connectivity index (χ0v) is 8.39. The quantitative estimate of drug-likeness (QED) is 0.550. The number of halogens is 3. The summed E-state index contributed by atoms with van der Waals surface area (Å²) in [7, 11) is 0. The molecule has 1 aliphatic rings. The number of hydrogen-bond donors (Lipinski definition) is 0. The molecule has 0 N–H and O–H groups in total. The maximum Gasteiger partial charge on any atom is 0.422 e. The van der Waals surface area contributed by atoms with E-state index in [4.69, 9.17) is 4.74 Å². The predicted octanol–water partition coefficient (Wildman–Crippen LogP) is 1.36. The van der Waals surface area contributed by atoms with Crippen molar-refractivity contribution in [2.24, 2.45) is 0 Å². The van der Waals surface area contributed by atoms with Crippen molar-refractivity contribution in [3.05, 3.63) is 11.3 Å². The highest BCUT2D eigenvalue weighted by atomic mass is 19.4. The molecule has 1 aliphatic heterocycles. The summed E-state index contributed by atoms with van der Waals surface area (Å²) in [5, 5.41) is 0. The molecule has 1 rings (SSSR count). The molecule has 7 heteroatoms. The maximum absolute atomic E-state index is 11.8. The van der Waals surface area contributed by atoms with Gasteiger partial charge in [0.25, 0.3) is 0 Å². The van der Waals surface area contributed by atoms with E-state index < -0.39 is 30.1 Å². The number of hydrogen-bond acceptors (Lipinski definition) is 4. The summed E-state index contributed by atoms with van der Waals surface area (Å²) >= 11 is 0. The molecule has 16 heavy (non-hydrogen) atoms. The van der Waals surface area contributed by atoms with Crippen LogP contribution in [0.15, 0.2) is 11.3 Å². The number of esters is 1. The third-order valence-corrected chi connectivity index (χ3v) is 1.83. The lowest BCUT2D eigenvalue weighted by Crippen LogP contribution is -2.23. The average molecular weight is 238 g/mol. The lowest BCUT2D eigenvalue weighted by atomic mass is 10.1. The molecular formula is C9H9F3O4. The van der Waals surface area contributed by atoms with Gasteiger partial charge in [0.1, 0.15) is 11.3 Å². The smallest absolute Gasteiger partial charge is 0.422 e. The topological polar surface area (TPSA) is 52.6 Å². The number of Topliss-reactive ketones (excluding diaryl/α,β-unsaturated/α-hetero) is 1. The van der Waals surface area contributed by atoms with E-state index in [-0.39, 0.29) is 18.8 Å². The monoisotopic (exact) mass is 238 g/mol. The number of rotatable bonds is 3. The van der Waals surface area contributed by atoms with Crippen LogP contribution in [-0.2, 0) is 19.1 Å². The molecule has 0 saturated heterocycles. The largest absolute Gasteiger partial charge is 0.489 e. The zero-order valence-electron chi connectivity index (χ0n) is 8.39. The number of allylic oxidation sites excluding steroid dienone is 1. The Bertz CT molecular complexity index is 343. The van der Waals surface area contributed by atoms with E-state index in [9.17, 15) is 22.8 Å². The van der Waals surface area contributed by atoms with Gasteiger partial charge in [0.05, 0.1) is 0 Å². The standard InChI is InChI=1S/C9H9F3O4/c1-2-6-7(5(13)3-15-6)8(14)16-4-9(10,11)12/h2-4H2,1H3. The van der Waals surface area contributed by atoms with Crippen LogP contribution in [0.25, 0.3) is 0 Å². The van der Waals surface area contributed by atoms with Crippen LogP contribution in [0.3, 0.4) is 0 Å². The SMILES string of the molecule is CCC1=C(C(=O)OCC(F)(F)F)C(=O)CO1. The molecule has 0 bridgehead atoms. The molecule has 0 amide bonds. The van der Waals surface area contributed by atoms with Gasteiger partial charge in [0, 0.05) is 6.42 Å². The van der Waals surface area contributed by atoms with E-state index in [0.29, 0.717) is 0 Å². The van der Waals surface area contributed by atoms with Gasteiger partial charge in [-0.3, -0.25) is 4.79 Å². The van der Waals surface area contributed by atoms with Gasteiger partial charge in [-0.2, -0.15) is 13.2 Å². The molecule has 0 fully saturated rings. The molecule has 0 saturated carbocycles. The first-order valence-corrected chi connectivity index (χ1v) is 4.48. The van der Waals surface area contributed by atoms with Crippen LogP contribution in [0.5, 0.6) is 0 Å². The van der Waals surface area contributed by atoms with Gasteiger partial charge in [-0.25, -0.2) is 4.79 Å². The van der Waals surface area contributed by atoms with Crippen LogP contribution in [0, 0.1) is 0 Å². The molecule has 0 radical (unpaired) electrons. The summed E-state index contributed by atoms with van der Waals surface area (Å²) in [5.41, 5.74) is -0.410. The van der Waals surface area contributed by atoms with Gasteiger partial charge in [0.15, 0.2) is 13.2 Å². The van der Waals surface area contributed by atoms with Crippen molar-refractivity contribution >= 4 is 11.8 Å². The van der Waals surface area contributed by atoms with Gasteiger partial charge < -0.3 is 9.47 Å². The molecule has 1 heterocycles. The van der Waals surface area contributed by atoms with Crippen LogP contribution in [0.1, 0.15) is 13.3 Å². The summed E-state index contributed by atoms with van der Waals surface area (Å²) in [4.78, 5) is 22.3. The Labute approximate surface area is 89.0 Å². The number of carbonyl (C=O) groups excluding carboxylic acids is 2. The first-order valence-electron chi connectivity index (χ1n) is 4.48. The fourth-order valence-electron chi connectivity index (χ4n) is 1.18. The first kappa shape index (κ1) is 12.5. The van der Waals surface area contributed by atoms with E-state index in [0.717, 1.165) is 0 Å². The molecule has 90 valence electrons. The number of ether oxygens (including phenoxy) is 2. The van der Waals surface area contributed by atoms with E-state index in [1.54, 1.807) is 6.92 Å². The Morgan fingerprint density at radius 1 is 1.50 bits per heavy atom. The van der Waals surface area contributed by atoms with E-state index in [1.807, 2.05) is 0 Å². The maximum atomic E-state index is 11.8. The van der Waals surface area contributed by atoms with Crippen LogP contribution >= 0.6 is 0 Å². The Balaban J connectivity index is 2.70. The van der Waals surface area contributed by atoms with Crippen LogP contribution < -0.4 is 0 Å². The minimum Gasteiger partial charge on any atom is -0.489 e. The zero-order chi connectivity index (χ0) is 12.3. The summed E-state index contributed by atoms with van der Waals surface area (Å²) in [5.74, 6) is -1.85. The second-order valence-electron chi connectivity index (χ2n) is 3.05. The van der Waals surface area contributed by atoms with E-state index in [2.05, 4.69) is 4.74 Å². The summed E-state index contributed by atoms with van der Waals surface area (Å²) in [6.07, 6.45) is -4.35. The highest BCUT2D eigenvalue weighted by Gasteiger charge is 2.35. The van der Waals surface area contributed by atoms with Crippen molar-refractivity contribution in [1.82, 2.24) is 0 Å². The number of alkyl halides is 3. The third kappa shape index (κ3) is 2.98. The summed E-state index contributed by atoms with van der Waals surface area (Å²) in [6.45, 7) is -0.412. The average Bonchev–Trinajstić information content (AvgIpc) is 2.55. The summed E-state index contributed by atoms with van der Waals surface area (Å²) in [6, 6.07) is 0. The van der Waals surface area contributed by atoms with Crippen molar-refractivity contribution in [1.29, 1.82) is 0 Å². The minimum atomic E-state index is -4.61. The Morgan fingerprint density at radius 3 is 2.62 bits per heavy atom. The molecule has 0 aromatic heterocycles. The molecule has 0 aromatic carbocycles. The molecule has 0 spiro atoms. The van der Waals surface area contributed by atoms with Crippen molar-refractivity contribution in [3.63, 3.8) is 0 Å². The van der Waals surface area contributed by atoms with Gasteiger partial charge >= 0.3 is 12.1 Å². The van der Waals surface area contributed by atoms with Gasteiger partial charge in [-0.15, -0.1) is 0 Å². The third-order valence-electron chi connectivity index (χ3n) is 1.83. The first-order chi connectivity index (χ1) is 7.35. The van der Waals surface area contributed by atoms with Crippen molar-refractivity contribution in [2.45, 2.75) is 19.5 Å². The molecular weight excluding hydrogens is 229 g/mol. The van der Waals surface area contributed by atoms with Crippen LogP contribution in [0.4, 0.5) is 13.2 Å². The second kappa shape index (κ2) is 4.54. The highest BCUT2D eigenvalue weighted by molar-refractivity contribution is 6.19. The lowest BCUT2D eigenvalue weighted by Gasteiger charge is -2.07. The molecule has 0 aromatic rings.